The molecule has 2 N–H and O–H groups in total. The van der Waals surface area contributed by atoms with Crippen LogP contribution in [0.15, 0.2) is 54.0 Å². The molecule has 4 rings (SSSR count). The summed E-state index contributed by atoms with van der Waals surface area (Å²) in [5, 5.41) is 11.9. The topological polar surface area (TPSA) is 88.5 Å². The Morgan fingerprint density at radius 3 is 2.31 bits per heavy atom. The summed E-state index contributed by atoms with van der Waals surface area (Å²) in [7, 11) is 0. The van der Waals surface area contributed by atoms with Gasteiger partial charge in [0.1, 0.15) is 11.8 Å². The SMILES string of the molecule is O=C(O)C[C@@H](NC(=O)OCC1c2ccccc2-c2ccccc21)c1scnc1Cl. The molecular formula is C21H17ClN2O4S. The molecule has 0 unspecified atom stereocenters. The molecule has 1 atom stereocenters. The van der Waals surface area contributed by atoms with Crippen molar-refractivity contribution >= 4 is 35.0 Å². The van der Waals surface area contributed by atoms with Crippen LogP contribution in [0.3, 0.4) is 0 Å². The Hall–Kier alpha value is -2.90. The summed E-state index contributed by atoms with van der Waals surface area (Å²) in [5.41, 5.74) is 5.99. The van der Waals surface area contributed by atoms with E-state index in [1.807, 2.05) is 36.4 Å². The number of carboxylic acids is 1. The predicted octanol–water partition coefficient (Wildman–Crippen LogP) is 4.85. The second-order valence-electron chi connectivity index (χ2n) is 6.63. The number of hydrogen-bond donors (Lipinski definition) is 2. The Balaban J connectivity index is 1.48. The fourth-order valence-electron chi connectivity index (χ4n) is 3.63. The Morgan fingerprint density at radius 2 is 1.76 bits per heavy atom. The second kappa shape index (κ2) is 8.23. The van der Waals surface area contributed by atoms with Gasteiger partial charge in [0, 0.05) is 5.92 Å². The van der Waals surface area contributed by atoms with Gasteiger partial charge in [0.05, 0.1) is 22.9 Å². The number of nitrogens with zero attached hydrogens (tertiary/aromatic N) is 1. The summed E-state index contributed by atoms with van der Waals surface area (Å²) in [4.78, 5) is 28.0. The van der Waals surface area contributed by atoms with E-state index in [1.54, 1.807) is 0 Å². The molecule has 0 saturated carbocycles. The molecule has 29 heavy (non-hydrogen) atoms. The number of aromatic nitrogens is 1. The van der Waals surface area contributed by atoms with Crippen molar-refractivity contribution in [2.45, 2.75) is 18.4 Å². The average Bonchev–Trinajstić information content (AvgIpc) is 3.27. The summed E-state index contributed by atoms with van der Waals surface area (Å²) in [5.74, 6) is -1.13. The first-order valence-electron chi connectivity index (χ1n) is 8.96. The van der Waals surface area contributed by atoms with Gasteiger partial charge in [-0.2, -0.15) is 0 Å². The number of aliphatic carboxylic acids is 1. The Bertz CT molecular complexity index is 1020. The highest BCUT2D eigenvalue weighted by Crippen LogP contribution is 2.44. The van der Waals surface area contributed by atoms with Crippen LogP contribution in [0.25, 0.3) is 11.1 Å². The predicted molar refractivity (Wildman–Crippen MR) is 110 cm³/mol. The highest BCUT2D eigenvalue weighted by atomic mass is 35.5. The van der Waals surface area contributed by atoms with Gasteiger partial charge in [-0.3, -0.25) is 4.79 Å². The molecule has 1 heterocycles. The summed E-state index contributed by atoms with van der Waals surface area (Å²) in [6.45, 7) is 0.149. The number of carbonyl (C=O) groups is 2. The number of carboxylic acid groups (broad SMARTS) is 1. The van der Waals surface area contributed by atoms with Crippen LogP contribution >= 0.6 is 22.9 Å². The number of benzene rings is 2. The Morgan fingerprint density at radius 1 is 1.14 bits per heavy atom. The van der Waals surface area contributed by atoms with Gasteiger partial charge in [0.2, 0.25) is 0 Å². The first-order valence-corrected chi connectivity index (χ1v) is 10.2. The van der Waals surface area contributed by atoms with Crippen LogP contribution < -0.4 is 5.32 Å². The lowest BCUT2D eigenvalue weighted by molar-refractivity contribution is -0.137. The van der Waals surface area contributed by atoms with Gasteiger partial charge in [-0.15, -0.1) is 11.3 Å². The van der Waals surface area contributed by atoms with E-state index in [4.69, 9.17) is 21.4 Å². The van der Waals surface area contributed by atoms with Crippen molar-refractivity contribution in [2.24, 2.45) is 0 Å². The third kappa shape index (κ3) is 3.97. The van der Waals surface area contributed by atoms with Crippen molar-refractivity contribution in [3.63, 3.8) is 0 Å². The van der Waals surface area contributed by atoms with E-state index in [9.17, 15) is 9.59 Å². The normalized spacial score (nSPS) is 13.4. The summed E-state index contributed by atoms with van der Waals surface area (Å²) < 4.78 is 5.49. The zero-order valence-electron chi connectivity index (χ0n) is 15.2. The van der Waals surface area contributed by atoms with E-state index in [0.717, 1.165) is 22.3 Å². The number of rotatable bonds is 6. The zero-order valence-corrected chi connectivity index (χ0v) is 16.7. The Kier molecular flexibility index (Phi) is 5.51. The molecule has 1 aromatic heterocycles. The monoisotopic (exact) mass is 428 g/mol. The molecule has 6 nitrogen and oxygen atoms in total. The van der Waals surface area contributed by atoms with Crippen LogP contribution in [0.1, 0.15) is 34.4 Å². The standard InChI is InChI=1S/C21H17ClN2O4S/c22-20-19(29-11-23-20)17(9-18(25)26)24-21(27)28-10-16-14-7-3-1-5-12(14)13-6-2-4-8-15(13)16/h1-8,11,16-17H,9-10H2,(H,24,27)(H,25,26)/t17-/m1/s1. The molecule has 0 spiro atoms. The van der Waals surface area contributed by atoms with E-state index in [0.29, 0.717) is 4.88 Å². The highest BCUT2D eigenvalue weighted by Gasteiger charge is 2.30. The van der Waals surface area contributed by atoms with Crippen molar-refractivity contribution in [3.8, 4) is 11.1 Å². The number of nitrogens with one attached hydrogen (secondary N) is 1. The molecule has 1 amide bonds. The maximum atomic E-state index is 12.4. The van der Waals surface area contributed by atoms with E-state index >= 15 is 0 Å². The fraction of sp³-hybridized carbons (Fsp3) is 0.190. The lowest BCUT2D eigenvalue weighted by atomic mass is 9.98. The number of ether oxygens (including phenoxy) is 1. The third-order valence-corrected chi connectivity index (χ3v) is 6.24. The molecular weight excluding hydrogens is 412 g/mol. The largest absolute Gasteiger partial charge is 0.481 e. The van der Waals surface area contributed by atoms with Crippen molar-refractivity contribution in [1.29, 1.82) is 0 Å². The minimum atomic E-state index is -1.06. The first-order chi connectivity index (χ1) is 14.0. The minimum Gasteiger partial charge on any atom is -0.481 e. The van der Waals surface area contributed by atoms with Crippen LogP contribution in [0, 0.1) is 0 Å². The van der Waals surface area contributed by atoms with Gasteiger partial charge in [0.25, 0.3) is 0 Å². The molecule has 0 radical (unpaired) electrons. The summed E-state index contributed by atoms with van der Waals surface area (Å²) >= 11 is 7.20. The van der Waals surface area contributed by atoms with Crippen molar-refractivity contribution < 1.29 is 19.4 Å². The average molecular weight is 429 g/mol. The summed E-state index contributed by atoms with van der Waals surface area (Å²) in [6.07, 6.45) is -1.01. The molecule has 0 bridgehead atoms. The smallest absolute Gasteiger partial charge is 0.407 e. The maximum absolute atomic E-state index is 12.4. The van der Waals surface area contributed by atoms with E-state index in [1.165, 1.54) is 16.8 Å². The molecule has 8 heteroatoms. The van der Waals surface area contributed by atoms with Gasteiger partial charge in [0.15, 0.2) is 0 Å². The molecule has 148 valence electrons. The van der Waals surface area contributed by atoms with Crippen LogP contribution in [0.5, 0.6) is 0 Å². The third-order valence-electron chi connectivity index (χ3n) is 4.88. The number of thiazole rings is 1. The molecule has 0 aliphatic heterocycles. The van der Waals surface area contributed by atoms with E-state index in [2.05, 4.69) is 22.4 Å². The lowest BCUT2D eigenvalue weighted by Crippen LogP contribution is -2.31. The van der Waals surface area contributed by atoms with Crippen molar-refractivity contribution in [1.82, 2.24) is 10.3 Å². The molecule has 0 saturated heterocycles. The number of halogens is 1. The lowest BCUT2D eigenvalue weighted by Gasteiger charge is -2.18. The maximum Gasteiger partial charge on any atom is 0.407 e. The quantitative estimate of drug-likeness (QED) is 0.585. The van der Waals surface area contributed by atoms with Gasteiger partial charge in [-0.25, -0.2) is 9.78 Å². The Labute approximate surface area is 176 Å². The minimum absolute atomic E-state index is 0.0712. The van der Waals surface area contributed by atoms with Gasteiger partial charge < -0.3 is 15.2 Å². The van der Waals surface area contributed by atoms with Gasteiger partial charge >= 0.3 is 12.1 Å². The number of fused-ring (bicyclic) bond motifs is 3. The molecule has 1 aliphatic carbocycles. The molecule has 1 aliphatic rings. The van der Waals surface area contributed by atoms with Crippen molar-refractivity contribution in [2.75, 3.05) is 6.61 Å². The summed E-state index contributed by atoms with van der Waals surface area (Å²) in [6, 6.07) is 15.3. The molecule has 2 aromatic carbocycles. The first kappa shape index (κ1) is 19.4. The van der Waals surface area contributed by atoms with Crippen molar-refractivity contribution in [3.05, 3.63) is 75.2 Å². The van der Waals surface area contributed by atoms with Crippen LogP contribution in [0.4, 0.5) is 4.79 Å². The van der Waals surface area contributed by atoms with E-state index in [-0.39, 0.29) is 24.1 Å². The number of hydrogen-bond acceptors (Lipinski definition) is 5. The highest BCUT2D eigenvalue weighted by molar-refractivity contribution is 7.10. The fourth-order valence-corrected chi connectivity index (χ4v) is 4.73. The van der Waals surface area contributed by atoms with Gasteiger partial charge in [-0.05, 0) is 22.3 Å². The second-order valence-corrected chi connectivity index (χ2v) is 7.87. The van der Waals surface area contributed by atoms with Crippen LogP contribution in [-0.2, 0) is 9.53 Å². The van der Waals surface area contributed by atoms with Crippen LogP contribution in [0.2, 0.25) is 5.15 Å². The zero-order chi connectivity index (χ0) is 20.4. The number of alkyl carbamates (subject to hydrolysis) is 1. The van der Waals surface area contributed by atoms with Crippen LogP contribution in [-0.4, -0.2) is 28.8 Å². The van der Waals surface area contributed by atoms with E-state index < -0.39 is 18.1 Å². The number of carbonyl (C=O) groups excluding carboxylic acids is 1. The molecule has 3 aromatic rings. The molecule has 0 fully saturated rings. The number of amides is 1. The van der Waals surface area contributed by atoms with Gasteiger partial charge in [-0.1, -0.05) is 60.1 Å².